The molecule has 0 fully saturated rings. The molecule has 0 radical (unpaired) electrons. The van der Waals surface area contributed by atoms with Crippen molar-refractivity contribution in [1.82, 2.24) is 19.9 Å². The minimum atomic E-state index is -4.59. The molecule has 0 unspecified atom stereocenters. The van der Waals surface area contributed by atoms with Crippen molar-refractivity contribution in [3.8, 4) is 11.5 Å². The number of carbonyl (C=O) groups is 1. The van der Waals surface area contributed by atoms with E-state index in [1.807, 2.05) is 25.1 Å². The predicted molar refractivity (Wildman–Crippen MR) is 173 cm³/mol. The van der Waals surface area contributed by atoms with E-state index in [2.05, 4.69) is 35.9 Å². The second-order valence-electron chi connectivity index (χ2n) is 10.5. The summed E-state index contributed by atoms with van der Waals surface area (Å²) in [7, 11) is 3.17. The zero-order chi connectivity index (χ0) is 33.1. The molecule has 0 atom stereocenters. The molecule has 13 heteroatoms. The molecule has 0 aliphatic rings. The molecule has 6 rings (SSSR count). The first-order valence-electron chi connectivity index (χ1n) is 14.3. The summed E-state index contributed by atoms with van der Waals surface area (Å²) in [4.78, 5) is 30.4. The fourth-order valence-electron chi connectivity index (χ4n) is 5.20. The number of rotatable bonds is 9. The zero-order valence-corrected chi connectivity index (χ0v) is 25.4. The number of nitrogens with zero attached hydrogens (tertiary/aromatic N) is 4. The Labute approximate surface area is 267 Å². The van der Waals surface area contributed by atoms with Gasteiger partial charge in [0.25, 0.3) is 5.91 Å². The van der Waals surface area contributed by atoms with Crippen molar-refractivity contribution >= 4 is 50.6 Å². The van der Waals surface area contributed by atoms with Gasteiger partial charge < -0.3 is 25.4 Å². The lowest BCUT2D eigenvalue weighted by Gasteiger charge is -2.16. The number of carbonyl (C=O) groups excluding carboxylic acids is 1. The SMILES string of the molecule is COc1ccc(CNc2ncnc3c(C(=O)Nc4c(C)ccc5c(Nc6ccnc(C(F)(F)F)c6)nccc45)cccc23)c(OC)c1. The Balaban J connectivity index is 1.29. The van der Waals surface area contributed by atoms with Gasteiger partial charge in [0, 0.05) is 52.4 Å². The lowest BCUT2D eigenvalue weighted by molar-refractivity contribution is -0.141. The monoisotopic (exact) mass is 639 g/mol. The number of hydrogen-bond donors (Lipinski definition) is 3. The number of aromatic nitrogens is 4. The van der Waals surface area contributed by atoms with E-state index in [4.69, 9.17) is 9.47 Å². The Morgan fingerprint density at radius 3 is 2.45 bits per heavy atom. The highest BCUT2D eigenvalue weighted by atomic mass is 19.4. The molecule has 238 valence electrons. The van der Waals surface area contributed by atoms with Crippen LogP contribution in [0.2, 0.25) is 0 Å². The number of para-hydroxylation sites is 1. The topological polar surface area (TPSA) is 123 Å². The molecule has 6 aromatic rings. The third kappa shape index (κ3) is 6.41. The van der Waals surface area contributed by atoms with Gasteiger partial charge in [-0.2, -0.15) is 13.2 Å². The molecule has 1 amide bonds. The Hall–Kier alpha value is -5.98. The van der Waals surface area contributed by atoms with Crippen LogP contribution in [0, 0.1) is 6.92 Å². The van der Waals surface area contributed by atoms with Crippen LogP contribution in [0.1, 0.15) is 27.2 Å². The predicted octanol–water partition coefficient (Wildman–Crippen LogP) is 7.53. The van der Waals surface area contributed by atoms with E-state index in [1.54, 1.807) is 50.6 Å². The van der Waals surface area contributed by atoms with Gasteiger partial charge in [-0.15, -0.1) is 0 Å². The molecular formula is C34H28F3N7O3. The van der Waals surface area contributed by atoms with E-state index in [0.29, 0.717) is 62.6 Å². The average Bonchev–Trinajstić information content (AvgIpc) is 3.08. The van der Waals surface area contributed by atoms with E-state index < -0.39 is 17.8 Å². The lowest BCUT2D eigenvalue weighted by atomic mass is 10.0. The van der Waals surface area contributed by atoms with Crippen LogP contribution in [-0.4, -0.2) is 40.1 Å². The number of pyridine rings is 2. The molecule has 10 nitrogen and oxygen atoms in total. The van der Waals surface area contributed by atoms with E-state index in [1.165, 1.54) is 18.6 Å². The number of hydrogen-bond acceptors (Lipinski definition) is 9. The Morgan fingerprint density at radius 2 is 1.66 bits per heavy atom. The summed E-state index contributed by atoms with van der Waals surface area (Å²) in [6.45, 7) is 2.24. The summed E-state index contributed by atoms with van der Waals surface area (Å²) in [5, 5.41) is 11.2. The molecule has 0 bridgehead atoms. The molecule has 3 N–H and O–H groups in total. The zero-order valence-electron chi connectivity index (χ0n) is 25.4. The maximum atomic E-state index is 13.8. The second-order valence-corrected chi connectivity index (χ2v) is 10.5. The average molecular weight is 640 g/mol. The first kappa shape index (κ1) is 31.0. The molecule has 0 spiro atoms. The molecular weight excluding hydrogens is 611 g/mol. The van der Waals surface area contributed by atoms with Crippen molar-refractivity contribution in [2.75, 3.05) is 30.2 Å². The molecule has 0 aliphatic heterocycles. The van der Waals surface area contributed by atoms with Crippen molar-refractivity contribution in [1.29, 1.82) is 0 Å². The number of aryl methyl sites for hydroxylation is 1. The highest BCUT2D eigenvalue weighted by molar-refractivity contribution is 6.16. The van der Waals surface area contributed by atoms with E-state index in [0.717, 1.165) is 23.4 Å². The lowest BCUT2D eigenvalue weighted by Crippen LogP contribution is -2.14. The van der Waals surface area contributed by atoms with Crippen LogP contribution in [-0.2, 0) is 12.7 Å². The molecule has 3 aromatic carbocycles. The highest BCUT2D eigenvalue weighted by Gasteiger charge is 2.32. The number of halogens is 3. The second kappa shape index (κ2) is 12.8. The van der Waals surface area contributed by atoms with Crippen molar-refractivity contribution in [3.05, 3.63) is 108 Å². The fourth-order valence-corrected chi connectivity index (χ4v) is 5.20. The first-order chi connectivity index (χ1) is 22.7. The number of amides is 1. The van der Waals surface area contributed by atoms with Gasteiger partial charge in [-0.05, 0) is 55.0 Å². The van der Waals surface area contributed by atoms with Crippen molar-refractivity contribution < 1.29 is 27.4 Å². The summed E-state index contributed by atoms with van der Waals surface area (Å²) < 4.78 is 50.5. The smallest absolute Gasteiger partial charge is 0.433 e. The van der Waals surface area contributed by atoms with Gasteiger partial charge >= 0.3 is 6.18 Å². The summed E-state index contributed by atoms with van der Waals surface area (Å²) in [6.07, 6.45) is -0.599. The largest absolute Gasteiger partial charge is 0.497 e. The first-order valence-corrected chi connectivity index (χ1v) is 14.3. The maximum Gasteiger partial charge on any atom is 0.433 e. The minimum Gasteiger partial charge on any atom is -0.497 e. The molecule has 3 heterocycles. The Morgan fingerprint density at radius 1 is 0.830 bits per heavy atom. The number of fused-ring (bicyclic) bond motifs is 2. The number of ether oxygens (including phenoxy) is 2. The summed E-state index contributed by atoms with van der Waals surface area (Å²) in [5.74, 6) is 1.78. The number of methoxy groups -OCH3 is 2. The molecule has 47 heavy (non-hydrogen) atoms. The molecule has 0 aliphatic carbocycles. The highest BCUT2D eigenvalue weighted by Crippen LogP contribution is 2.35. The maximum absolute atomic E-state index is 13.8. The summed E-state index contributed by atoms with van der Waals surface area (Å²) in [5.41, 5.74) is 2.11. The number of benzene rings is 3. The van der Waals surface area contributed by atoms with E-state index >= 15 is 0 Å². The van der Waals surface area contributed by atoms with Crippen LogP contribution >= 0.6 is 0 Å². The Bertz CT molecular complexity index is 2120. The number of alkyl halides is 3. The molecule has 0 saturated carbocycles. The standard InChI is InChI=1S/C34H28F3N7O3/c1-19-7-10-24-23(12-14-39-32(24)43-21-11-13-38-28(15-21)34(35,36)37)29(19)44-33(45)26-6-4-5-25-30(26)41-18-42-31(25)40-17-20-8-9-22(46-2)16-27(20)47-3/h4-16,18H,17H2,1-3H3,(H,44,45)(H,38,39,43)(H,40,41,42). The minimum absolute atomic E-state index is 0.170. The third-order valence-corrected chi connectivity index (χ3v) is 7.56. The van der Waals surface area contributed by atoms with E-state index in [9.17, 15) is 18.0 Å². The quantitative estimate of drug-likeness (QED) is 0.147. The van der Waals surface area contributed by atoms with Gasteiger partial charge in [0.1, 0.15) is 35.2 Å². The van der Waals surface area contributed by atoms with Gasteiger partial charge in [-0.25, -0.2) is 15.0 Å². The van der Waals surface area contributed by atoms with Crippen LogP contribution in [0.25, 0.3) is 21.7 Å². The van der Waals surface area contributed by atoms with Crippen LogP contribution in [0.3, 0.4) is 0 Å². The van der Waals surface area contributed by atoms with Crippen LogP contribution in [0.4, 0.5) is 36.2 Å². The third-order valence-electron chi connectivity index (χ3n) is 7.56. The van der Waals surface area contributed by atoms with Gasteiger partial charge in [-0.1, -0.05) is 18.2 Å². The molecule has 0 saturated heterocycles. The van der Waals surface area contributed by atoms with Crippen LogP contribution in [0.5, 0.6) is 11.5 Å². The Kier molecular flexibility index (Phi) is 8.44. The van der Waals surface area contributed by atoms with Crippen LogP contribution < -0.4 is 25.4 Å². The van der Waals surface area contributed by atoms with Gasteiger partial charge in [-0.3, -0.25) is 9.78 Å². The van der Waals surface area contributed by atoms with Crippen LogP contribution in [0.15, 0.2) is 85.5 Å². The number of anilines is 4. The van der Waals surface area contributed by atoms with E-state index in [-0.39, 0.29) is 5.69 Å². The van der Waals surface area contributed by atoms with Gasteiger partial charge in [0.05, 0.1) is 31.0 Å². The fraction of sp³-hybridized carbons (Fsp3) is 0.147. The van der Waals surface area contributed by atoms with Gasteiger partial charge in [0.2, 0.25) is 0 Å². The van der Waals surface area contributed by atoms with Crippen molar-refractivity contribution in [2.45, 2.75) is 19.6 Å². The summed E-state index contributed by atoms with van der Waals surface area (Å²) >= 11 is 0. The van der Waals surface area contributed by atoms with Gasteiger partial charge in [0.15, 0.2) is 0 Å². The number of nitrogens with one attached hydrogen (secondary N) is 3. The molecule has 3 aromatic heterocycles. The summed E-state index contributed by atoms with van der Waals surface area (Å²) in [6, 6.07) is 18.5. The normalized spacial score (nSPS) is 11.4. The van der Waals surface area contributed by atoms with Crippen molar-refractivity contribution in [2.24, 2.45) is 0 Å². The van der Waals surface area contributed by atoms with Crippen molar-refractivity contribution in [3.63, 3.8) is 0 Å².